The SMILES string of the molecule is NC(=NO)C1CCCN(C(=O)COc2ccccc2)C1. The number of para-hydroxylation sites is 1. The van der Waals surface area contributed by atoms with Gasteiger partial charge in [0.2, 0.25) is 0 Å². The largest absolute Gasteiger partial charge is 0.484 e. The van der Waals surface area contributed by atoms with Crippen LogP contribution in [0, 0.1) is 5.92 Å². The predicted molar refractivity (Wildman–Crippen MR) is 74.6 cm³/mol. The van der Waals surface area contributed by atoms with Gasteiger partial charge in [0.15, 0.2) is 6.61 Å². The average molecular weight is 277 g/mol. The van der Waals surface area contributed by atoms with Crippen LogP contribution in [-0.2, 0) is 4.79 Å². The number of hydrogen-bond donors (Lipinski definition) is 2. The summed E-state index contributed by atoms with van der Waals surface area (Å²) in [6, 6.07) is 9.22. The maximum Gasteiger partial charge on any atom is 0.260 e. The summed E-state index contributed by atoms with van der Waals surface area (Å²) in [5.41, 5.74) is 5.61. The molecule has 0 radical (unpaired) electrons. The summed E-state index contributed by atoms with van der Waals surface area (Å²) in [5, 5.41) is 11.7. The number of nitrogens with zero attached hydrogens (tertiary/aromatic N) is 2. The lowest BCUT2D eigenvalue weighted by atomic mass is 9.97. The van der Waals surface area contributed by atoms with Gasteiger partial charge in [-0.25, -0.2) is 0 Å². The number of piperidine rings is 1. The first kappa shape index (κ1) is 14.2. The van der Waals surface area contributed by atoms with Gasteiger partial charge < -0.3 is 20.6 Å². The van der Waals surface area contributed by atoms with Crippen molar-refractivity contribution in [2.24, 2.45) is 16.8 Å². The van der Waals surface area contributed by atoms with Crippen LogP contribution in [0.2, 0.25) is 0 Å². The van der Waals surface area contributed by atoms with Gasteiger partial charge in [0.25, 0.3) is 5.91 Å². The summed E-state index contributed by atoms with van der Waals surface area (Å²) in [5.74, 6) is 0.705. The Morgan fingerprint density at radius 3 is 2.90 bits per heavy atom. The Balaban J connectivity index is 1.86. The van der Waals surface area contributed by atoms with Gasteiger partial charge >= 0.3 is 0 Å². The third kappa shape index (κ3) is 3.63. The molecular formula is C14H19N3O3. The van der Waals surface area contributed by atoms with Crippen molar-refractivity contribution in [3.8, 4) is 5.75 Å². The molecule has 0 spiro atoms. The third-order valence-corrected chi connectivity index (χ3v) is 3.41. The van der Waals surface area contributed by atoms with E-state index in [1.807, 2.05) is 30.3 Å². The third-order valence-electron chi connectivity index (χ3n) is 3.41. The molecule has 6 nitrogen and oxygen atoms in total. The summed E-state index contributed by atoms with van der Waals surface area (Å²) in [4.78, 5) is 13.8. The number of oxime groups is 1. The van der Waals surface area contributed by atoms with Gasteiger partial charge in [-0.3, -0.25) is 4.79 Å². The molecule has 1 fully saturated rings. The van der Waals surface area contributed by atoms with E-state index in [0.29, 0.717) is 18.8 Å². The fraction of sp³-hybridized carbons (Fsp3) is 0.429. The molecule has 0 aromatic heterocycles. The van der Waals surface area contributed by atoms with Gasteiger partial charge in [-0.1, -0.05) is 23.4 Å². The normalized spacial score (nSPS) is 19.7. The lowest BCUT2D eigenvalue weighted by Gasteiger charge is -2.31. The van der Waals surface area contributed by atoms with E-state index in [9.17, 15) is 4.79 Å². The fourth-order valence-corrected chi connectivity index (χ4v) is 2.28. The first-order chi connectivity index (χ1) is 9.70. The molecule has 0 bridgehead atoms. The van der Waals surface area contributed by atoms with Gasteiger partial charge in [0.1, 0.15) is 11.6 Å². The number of likely N-dealkylation sites (tertiary alicyclic amines) is 1. The Labute approximate surface area is 117 Å². The van der Waals surface area contributed by atoms with Crippen molar-refractivity contribution in [1.29, 1.82) is 0 Å². The highest BCUT2D eigenvalue weighted by Gasteiger charge is 2.26. The molecule has 3 N–H and O–H groups in total. The molecule has 6 heteroatoms. The highest BCUT2D eigenvalue weighted by atomic mass is 16.5. The average Bonchev–Trinajstić information content (AvgIpc) is 2.53. The van der Waals surface area contributed by atoms with Crippen molar-refractivity contribution in [2.75, 3.05) is 19.7 Å². The van der Waals surface area contributed by atoms with Crippen molar-refractivity contribution >= 4 is 11.7 Å². The topological polar surface area (TPSA) is 88.2 Å². The summed E-state index contributed by atoms with van der Waals surface area (Å²) < 4.78 is 5.44. The molecule has 1 unspecified atom stereocenters. The first-order valence-electron chi connectivity index (χ1n) is 6.63. The van der Waals surface area contributed by atoms with Crippen LogP contribution in [0.15, 0.2) is 35.5 Å². The number of benzene rings is 1. The van der Waals surface area contributed by atoms with E-state index in [-0.39, 0.29) is 24.3 Å². The number of amides is 1. The minimum absolute atomic E-state index is 0.00685. The number of hydrogen-bond acceptors (Lipinski definition) is 4. The lowest BCUT2D eigenvalue weighted by Crippen LogP contribution is -2.45. The number of carbonyl (C=O) groups is 1. The van der Waals surface area contributed by atoms with Crippen LogP contribution >= 0.6 is 0 Å². The van der Waals surface area contributed by atoms with Crippen molar-refractivity contribution in [2.45, 2.75) is 12.8 Å². The Hall–Kier alpha value is -2.24. The van der Waals surface area contributed by atoms with Gasteiger partial charge in [-0.15, -0.1) is 0 Å². The van der Waals surface area contributed by atoms with E-state index in [1.54, 1.807) is 4.90 Å². The number of ether oxygens (including phenoxy) is 1. The van der Waals surface area contributed by atoms with E-state index in [1.165, 1.54) is 0 Å². The van der Waals surface area contributed by atoms with Gasteiger partial charge in [0.05, 0.1) is 0 Å². The molecule has 1 heterocycles. The Bertz CT molecular complexity index is 476. The van der Waals surface area contributed by atoms with Crippen LogP contribution in [0.3, 0.4) is 0 Å². The van der Waals surface area contributed by atoms with Gasteiger partial charge in [-0.05, 0) is 25.0 Å². The van der Waals surface area contributed by atoms with Crippen LogP contribution in [-0.4, -0.2) is 41.5 Å². The predicted octanol–water partition coefficient (Wildman–Crippen LogP) is 1.05. The maximum atomic E-state index is 12.1. The van der Waals surface area contributed by atoms with Crippen molar-refractivity contribution < 1.29 is 14.7 Å². The Morgan fingerprint density at radius 2 is 2.20 bits per heavy atom. The molecule has 2 rings (SSSR count). The molecule has 1 aliphatic rings. The molecule has 20 heavy (non-hydrogen) atoms. The second kappa shape index (κ2) is 6.79. The molecule has 1 aromatic rings. The highest BCUT2D eigenvalue weighted by Crippen LogP contribution is 2.17. The summed E-state index contributed by atoms with van der Waals surface area (Å²) in [6.45, 7) is 1.17. The zero-order valence-electron chi connectivity index (χ0n) is 11.2. The molecule has 0 saturated carbocycles. The molecule has 1 amide bonds. The van der Waals surface area contributed by atoms with Crippen molar-refractivity contribution in [1.82, 2.24) is 4.90 Å². The Morgan fingerprint density at radius 1 is 1.45 bits per heavy atom. The van der Waals surface area contributed by atoms with E-state index in [4.69, 9.17) is 15.7 Å². The number of rotatable bonds is 4. The smallest absolute Gasteiger partial charge is 0.260 e. The van der Waals surface area contributed by atoms with Gasteiger partial charge in [-0.2, -0.15) is 0 Å². The van der Waals surface area contributed by atoms with Crippen molar-refractivity contribution in [3.05, 3.63) is 30.3 Å². The van der Waals surface area contributed by atoms with Gasteiger partial charge in [0, 0.05) is 19.0 Å². The van der Waals surface area contributed by atoms with Crippen LogP contribution in [0.5, 0.6) is 5.75 Å². The number of amidine groups is 1. The molecule has 108 valence electrons. The fourth-order valence-electron chi connectivity index (χ4n) is 2.28. The molecule has 0 aliphatic carbocycles. The zero-order valence-corrected chi connectivity index (χ0v) is 11.2. The van der Waals surface area contributed by atoms with Crippen molar-refractivity contribution in [3.63, 3.8) is 0 Å². The summed E-state index contributed by atoms with van der Waals surface area (Å²) in [6.07, 6.45) is 1.68. The van der Waals surface area contributed by atoms with Crippen LogP contribution in [0.1, 0.15) is 12.8 Å². The second-order valence-electron chi connectivity index (χ2n) is 4.81. The molecule has 1 atom stereocenters. The van der Waals surface area contributed by atoms with Crippen LogP contribution in [0.4, 0.5) is 0 Å². The van der Waals surface area contributed by atoms with E-state index in [0.717, 1.165) is 12.8 Å². The molecule has 1 aliphatic heterocycles. The van der Waals surface area contributed by atoms with E-state index in [2.05, 4.69) is 5.16 Å². The lowest BCUT2D eigenvalue weighted by molar-refractivity contribution is -0.134. The zero-order chi connectivity index (χ0) is 14.4. The molecule has 1 aromatic carbocycles. The van der Waals surface area contributed by atoms with E-state index >= 15 is 0 Å². The van der Waals surface area contributed by atoms with Crippen LogP contribution in [0.25, 0.3) is 0 Å². The minimum atomic E-state index is -0.0794. The van der Waals surface area contributed by atoms with Crippen LogP contribution < -0.4 is 10.5 Å². The standard InChI is InChI=1S/C14H19N3O3/c15-14(16-19)11-5-4-8-17(9-11)13(18)10-20-12-6-2-1-3-7-12/h1-3,6-7,11,19H,4-5,8-10H2,(H2,15,16). The maximum absolute atomic E-state index is 12.1. The quantitative estimate of drug-likeness (QED) is 0.373. The highest BCUT2D eigenvalue weighted by molar-refractivity contribution is 5.84. The Kier molecular flexibility index (Phi) is 4.81. The second-order valence-corrected chi connectivity index (χ2v) is 4.81. The number of nitrogens with two attached hydrogens (primary N) is 1. The molecule has 1 saturated heterocycles. The summed E-state index contributed by atoms with van der Waals surface area (Å²) in [7, 11) is 0. The van der Waals surface area contributed by atoms with E-state index < -0.39 is 0 Å². The first-order valence-corrected chi connectivity index (χ1v) is 6.63. The summed E-state index contributed by atoms with van der Waals surface area (Å²) >= 11 is 0. The monoisotopic (exact) mass is 277 g/mol. The molecular weight excluding hydrogens is 258 g/mol. The number of carbonyl (C=O) groups excluding carboxylic acids is 1. The minimum Gasteiger partial charge on any atom is -0.484 e.